The van der Waals surface area contributed by atoms with Crippen LogP contribution in [0.4, 0.5) is 0 Å². The molecule has 0 saturated heterocycles. The summed E-state index contributed by atoms with van der Waals surface area (Å²) in [4.78, 5) is 0. The molecule has 10 aromatic rings. The number of para-hydroxylation sites is 4. The normalized spacial score (nSPS) is 11.6. The van der Waals surface area contributed by atoms with Crippen LogP contribution in [-0.4, -0.2) is 9.13 Å². The summed E-state index contributed by atoms with van der Waals surface area (Å²) in [6, 6.07) is 70.4. The van der Waals surface area contributed by atoms with Crippen molar-refractivity contribution in [3.05, 3.63) is 194 Å². The summed E-state index contributed by atoms with van der Waals surface area (Å²) in [7, 11) is 0. The van der Waals surface area contributed by atoms with Gasteiger partial charge in [0, 0.05) is 44.0 Å². The number of fused-ring (bicyclic) bond motifs is 6. The van der Waals surface area contributed by atoms with E-state index in [0.717, 1.165) is 11.4 Å². The highest BCUT2D eigenvalue weighted by atomic mass is 15.0. The van der Waals surface area contributed by atoms with Gasteiger partial charge in [-0.2, -0.15) is 0 Å². The number of aromatic nitrogens is 2. The molecule has 0 radical (unpaired) electrons. The molecule has 0 unspecified atom stereocenters. The summed E-state index contributed by atoms with van der Waals surface area (Å²) in [5.41, 5.74) is 14.3. The average molecular weight is 637 g/mol. The minimum Gasteiger partial charge on any atom is -0.309 e. The Labute approximate surface area is 290 Å². The lowest BCUT2D eigenvalue weighted by Gasteiger charge is -2.16. The Kier molecular flexibility index (Phi) is 6.53. The molecule has 0 aliphatic rings. The Morgan fingerprint density at radius 2 is 0.620 bits per heavy atom. The van der Waals surface area contributed by atoms with Gasteiger partial charge in [-0.1, -0.05) is 158 Å². The molecule has 10 rings (SSSR count). The first-order chi connectivity index (χ1) is 24.8. The monoisotopic (exact) mass is 636 g/mol. The molecular weight excluding hydrogens is 605 g/mol. The molecule has 234 valence electrons. The van der Waals surface area contributed by atoms with Crippen LogP contribution in [0.15, 0.2) is 194 Å². The van der Waals surface area contributed by atoms with E-state index in [1.54, 1.807) is 0 Å². The Hall–Kier alpha value is -6.64. The standard InChI is InChI=1S/C48H32N2/c1-3-15-33(16-4-1)35-19-11-21-37(31-35)49-45-29-9-7-23-39(45)41-25-13-27-43(47(41)49)44-28-14-26-42-40-24-8-10-30-46(40)50(48(42)44)38-22-12-20-36(32-38)34-17-5-2-6-18-34/h1-32H. The van der Waals surface area contributed by atoms with Crippen LogP contribution in [0.3, 0.4) is 0 Å². The Balaban J connectivity index is 1.29. The van der Waals surface area contributed by atoms with Gasteiger partial charge >= 0.3 is 0 Å². The second-order valence-corrected chi connectivity index (χ2v) is 12.9. The number of hydrogen-bond acceptors (Lipinski definition) is 0. The minimum atomic E-state index is 1.15. The molecule has 0 bridgehead atoms. The van der Waals surface area contributed by atoms with Gasteiger partial charge in [0.25, 0.3) is 0 Å². The van der Waals surface area contributed by atoms with Crippen LogP contribution in [0.5, 0.6) is 0 Å². The third kappa shape index (κ3) is 4.43. The molecule has 0 spiro atoms. The predicted octanol–water partition coefficient (Wildman–Crippen LogP) is 12.9. The molecule has 8 aromatic carbocycles. The highest BCUT2D eigenvalue weighted by molar-refractivity contribution is 6.19. The number of nitrogens with zero attached hydrogens (tertiary/aromatic N) is 2. The fourth-order valence-electron chi connectivity index (χ4n) is 7.92. The quantitative estimate of drug-likeness (QED) is 0.178. The third-order valence-electron chi connectivity index (χ3n) is 10.1. The van der Waals surface area contributed by atoms with Gasteiger partial charge in [0.1, 0.15) is 0 Å². The molecule has 0 saturated carbocycles. The zero-order chi connectivity index (χ0) is 33.0. The maximum absolute atomic E-state index is 2.47. The third-order valence-corrected chi connectivity index (χ3v) is 10.1. The van der Waals surface area contributed by atoms with Crippen molar-refractivity contribution in [3.8, 4) is 44.8 Å². The van der Waals surface area contributed by atoms with Crippen LogP contribution in [-0.2, 0) is 0 Å². The SMILES string of the molecule is c1ccc(-c2cccc(-n3c4ccccc4c4cccc(-c5cccc6c7ccccc7n(-c7cccc(-c8ccccc8)c7)c56)c43)c2)cc1. The Morgan fingerprint density at radius 1 is 0.260 bits per heavy atom. The smallest absolute Gasteiger partial charge is 0.0620 e. The molecule has 2 heteroatoms. The van der Waals surface area contributed by atoms with E-state index in [2.05, 4.69) is 203 Å². The van der Waals surface area contributed by atoms with E-state index in [1.165, 1.54) is 77.0 Å². The zero-order valence-corrected chi connectivity index (χ0v) is 27.4. The van der Waals surface area contributed by atoms with Crippen LogP contribution in [0, 0.1) is 0 Å². The van der Waals surface area contributed by atoms with E-state index in [1.807, 2.05) is 0 Å². The van der Waals surface area contributed by atoms with Gasteiger partial charge in [0.05, 0.1) is 22.1 Å². The molecule has 0 amide bonds. The van der Waals surface area contributed by atoms with Crippen molar-refractivity contribution < 1.29 is 0 Å². The van der Waals surface area contributed by atoms with E-state index in [4.69, 9.17) is 0 Å². The van der Waals surface area contributed by atoms with Crippen molar-refractivity contribution in [2.45, 2.75) is 0 Å². The molecule has 50 heavy (non-hydrogen) atoms. The zero-order valence-electron chi connectivity index (χ0n) is 27.4. The summed E-state index contributed by atoms with van der Waals surface area (Å²) in [5, 5.41) is 4.98. The molecule has 0 fully saturated rings. The van der Waals surface area contributed by atoms with Gasteiger partial charge in [-0.3, -0.25) is 0 Å². The summed E-state index contributed by atoms with van der Waals surface area (Å²) < 4.78 is 4.93. The van der Waals surface area contributed by atoms with Crippen LogP contribution in [0.1, 0.15) is 0 Å². The lowest BCUT2D eigenvalue weighted by atomic mass is 9.99. The number of benzene rings is 8. The van der Waals surface area contributed by atoms with Crippen LogP contribution >= 0.6 is 0 Å². The van der Waals surface area contributed by atoms with Crippen molar-refractivity contribution >= 4 is 43.6 Å². The van der Waals surface area contributed by atoms with Crippen molar-refractivity contribution in [2.24, 2.45) is 0 Å². The lowest BCUT2D eigenvalue weighted by Crippen LogP contribution is -1.98. The van der Waals surface area contributed by atoms with E-state index in [9.17, 15) is 0 Å². The largest absolute Gasteiger partial charge is 0.309 e. The topological polar surface area (TPSA) is 9.86 Å². The fraction of sp³-hybridized carbons (Fsp3) is 0. The number of hydrogen-bond donors (Lipinski definition) is 0. The predicted molar refractivity (Wildman–Crippen MR) is 211 cm³/mol. The van der Waals surface area contributed by atoms with Crippen molar-refractivity contribution in [2.75, 3.05) is 0 Å². The first-order valence-electron chi connectivity index (χ1n) is 17.2. The highest BCUT2D eigenvalue weighted by Gasteiger charge is 2.21. The first-order valence-corrected chi connectivity index (χ1v) is 17.2. The molecule has 0 aliphatic heterocycles. The Bertz CT molecular complexity index is 2660. The van der Waals surface area contributed by atoms with Gasteiger partial charge in [-0.25, -0.2) is 0 Å². The molecule has 0 aliphatic carbocycles. The lowest BCUT2D eigenvalue weighted by molar-refractivity contribution is 1.17. The second-order valence-electron chi connectivity index (χ2n) is 12.9. The van der Waals surface area contributed by atoms with Gasteiger partial charge < -0.3 is 9.13 Å². The minimum absolute atomic E-state index is 1.15. The van der Waals surface area contributed by atoms with Crippen LogP contribution < -0.4 is 0 Å². The van der Waals surface area contributed by atoms with Crippen LogP contribution in [0.2, 0.25) is 0 Å². The van der Waals surface area contributed by atoms with Gasteiger partial charge in [0.2, 0.25) is 0 Å². The van der Waals surface area contributed by atoms with Crippen molar-refractivity contribution in [1.82, 2.24) is 9.13 Å². The highest BCUT2D eigenvalue weighted by Crippen LogP contribution is 2.43. The summed E-state index contributed by atoms with van der Waals surface area (Å²) in [6.07, 6.45) is 0. The fourth-order valence-corrected chi connectivity index (χ4v) is 7.92. The second kappa shape index (κ2) is 11.5. The molecule has 0 atom stereocenters. The molecule has 2 nitrogen and oxygen atoms in total. The van der Waals surface area contributed by atoms with Crippen molar-refractivity contribution in [3.63, 3.8) is 0 Å². The average Bonchev–Trinajstić information content (AvgIpc) is 3.72. The van der Waals surface area contributed by atoms with E-state index < -0.39 is 0 Å². The van der Waals surface area contributed by atoms with E-state index in [-0.39, 0.29) is 0 Å². The van der Waals surface area contributed by atoms with E-state index >= 15 is 0 Å². The summed E-state index contributed by atoms with van der Waals surface area (Å²) in [6.45, 7) is 0. The molecule has 2 aromatic heterocycles. The van der Waals surface area contributed by atoms with Crippen LogP contribution in [0.25, 0.3) is 88.4 Å². The maximum atomic E-state index is 2.47. The van der Waals surface area contributed by atoms with Gasteiger partial charge in [0.15, 0.2) is 0 Å². The molecular formula is C48H32N2. The summed E-state index contributed by atoms with van der Waals surface area (Å²) >= 11 is 0. The summed E-state index contributed by atoms with van der Waals surface area (Å²) in [5.74, 6) is 0. The van der Waals surface area contributed by atoms with Crippen molar-refractivity contribution in [1.29, 1.82) is 0 Å². The first kappa shape index (κ1) is 28.4. The van der Waals surface area contributed by atoms with E-state index in [0.29, 0.717) is 0 Å². The maximum Gasteiger partial charge on any atom is 0.0620 e. The number of rotatable bonds is 5. The molecule has 0 N–H and O–H groups in total. The Morgan fingerprint density at radius 3 is 1.08 bits per heavy atom. The van der Waals surface area contributed by atoms with Gasteiger partial charge in [-0.15, -0.1) is 0 Å². The van der Waals surface area contributed by atoms with Gasteiger partial charge in [-0.05, 0) is 58.7 Å². The molecule has 2 heterocycles.